The molecule has 2 aliphatic rings. The highest BCUT2D eigenvalue weighted by atomic mass is 28.3. The summed E-state index contributed by atoms with van der Waals surface area (Å²) in [6.07, 6.45) is 9.04. The molecule has 0 spiro atoms. The van der Waals surface area contributed by atoms with Gasteiger partial charge in [-0.3, -0.25) is 0 Å². The van der Waals surface area contributed by atoms with Crippen LogP contribution >= 0.6 is 0 Å². The zero-order valence-electron chi connectivity index (χ0n) is 11.3. The van der Waals surface area contributed by atoms with Gasteiger partial charge in [0.1, 0.15) is 11.9 Å². The van der Waals surface area contributed by atoms with E-state index in [1.165, 1.54) is 5.56 Å². The number of allylic oxidation sites excluding steroid dienone is 2. The molecule has 1 aliphatic carbocycles. The minimum absolute atomic E-state index is 0.224. The Morgan fingerprint density at radius 2 is 1.72 bits per heavy atom. The van der Waals surface area contributed by atoms with Crippen LogP contribution in [0.15, 0.2) is 48.6 Å². The van der Waals surface area contributed by atoms with E-state index in [-0.39, 0.29) is 6.10 Å². The summed E-state index contributed by atoms with van der Waals surface area (Å²) in [6, 6.07) is 8.58. The largest absolute Gasteiger partial charge is 0.485 e. The second kappa shape index (κ2) is 4.13. The molecule has 94 valence electrons. The molecule has 0 fully saturated rings. The minimum Gasteiger partial charge on any atom is -0.485 e. The van der Waals surface area contributed by atoms with E-state index in [0.717, 1.165) is 5.75 Å². The van der Waals surface area contributed by atoms with Gasteiger partial charge in [0.05, 0.1) is 8.07 Å². The van der Waals surface area contributed by atoms with Gasteiger partial charge in [0.2, 0.25) is 0 Å². The third kappa shape index (κ3) is 1.85. The van der Waals surface area contributed by atoms with Crippen LogP contribution < -0.4 is 4.74 Å². The van der Waals surface area contributed by atoms with Gasteiger partial charge in [0, 0.05) is 5.92 Å². The van der Waals surface area contributed by atoms with Crippen LogP contribution in [-0.2, 0) is 0 Å². The van der Waals surface area contributed by atoms with Gasteiger partial charge in [-0.25, -0.2) is 0 Å². The predicted octanol–water partition coefficient (Wildman–Crippen LogP) is 4.15. The summed E-state index contributed by atoms with van der Waals surface area (Å²) in [5.74, 6) is 1.60. The summed E-state index contributed by atoms with van der Waals surface area (Å²) >= 11 is 0. The highest BCUT2D eigenvalue weighted by Gasteiger charge is 2.43. The molecule has 18 heavy (non-hydrogen) atoms. The highest BCUT2D eigenvalue weighted by molar-refractivity contribution is 6.77. The van der Waals surface area contributed by atoms with E-state index in [4.69, 9.17) is 4.74 Å². The van der Waals surface area contributed by atoms with Gasteiger partial charge >= 0.3 is 0 Å². The lowest BCUT2D eigenvalue weighted by Gasteiger charge is -2.43. The molecule has 3 rings (SSSR count). The monoisotopic (exact) mass is 256 g/mol. The van der Waals surface area contributed by atoms with Gasteiger partial charge in [-0.1, -0.05) is 56.1 Å². The van der Waals surface area contributed by atoms with Crippen molar-refractivity contribution in [2.24, 2.45) is 5.92 Å². The predicted molar refractivity (Wildman–Crippen MR) is 78.7 cm³/mol. The van der Waals surface area contributed by atoms with Crippen molar-refractivity contribution >= 4 is 8.07 Å². The van der Waals surface area contributed by atoms with E-state index in [1.54, 1.807) is 0 Å². The van der Waals surface area contributed by atoms with Crippen LogP contribution in [0.3, 0.4) is 0 Å². The number of benzene rings is 1. The lowest BCUT2D eigenvalue weighted by Crippen LogP contribution is -2.45. The fourth-order valence-corrected chi connectivity index (χ4v) is 5.89. The molecule has 0 aromatic heterocycles. The Morgan fingerprint density at radius 3 is 2.50 bits per heavy atom. The molecule has 3 atom stereocenters. The Kier molecular flexibility index (Phi) is 2.70. The Hall–Kier alpha value is -1.28. The molecule has 1 aromatic carbocycles. The van der Waals surface area contributed by atoms with Crippen molar-refractivity contribution in [1.82, 2.24) is 0 Å². The topological polar surface area (TPSA) is 9.23 Å². The summed E-state index contributed by atoms with van der Waals surface area (Å²) in [6.45, 7) is 7.38. The van der Waals surface area contributed by atoms with Crippen molar-refractivity contribution in [2.45, 2.75) is 31.3 Å². The van der Waals surface area contributed by atoms with E-state index < -0.39 is 8.07 Å². The molecule has 0 radical (unpaired) electrons. The first kappa shape index (κ1) is 11.8. The van der Waals surface area contributed by atoms with E-state index in [1.807, 2.05) is 0 Å². The Labute approximate surface area is 110 Å². The van der Waals surface area contributed by atoms with Crippen LogP contribution in [0.1, 0.15) is 11.1 Å². The molecule has 0 saturated heterocycles. The Bertz CT molecular complexity index is 510. The van der Waals surface area contributed by atoms with Gasteiger partial charge in [-0.05, 0) is 23.2 Å². The second-order valence-electron chi connectivity index (χ2n) is 6.31. The maximum Gasteiger partial charge on any atom is 0.124 e. The van der Waals surface area contributed by atoms with Crippen LogP contribution in [0.25, 0.3) is 0 Å². The van der Waals surface area contributed by atoms with Crippen molar-refractivity contribution in [3.8, 4) is 5.75 Å². The van der Waals surface area contributed by atoms with Crippen LogP contribution in [0, 0.1) is 5.92 Å². The second-order valence-corrected chi connectivity index (χ2v) is 11.7. The number of fused-ring (bicyclic) bond motifs is 2. The van der Waals surface area contributed by atoms with Gasteiger partial charge in [-0.2, -0.15) is 0 Å². The summed E-state index contributed by atoms with van der Waals surface area (Å²) < 4.78 is 6.15. The first-order chi connectivity index (χ1) is 8.57. The van der Waals surface area contributed by atoms with E-state index in [9.17, 15) is 0 Å². The maximum absolute atomic E-state index is 6.15. The van der Waals surface area contributed by atoms with E-state index in [0.29, 0.717) is 11.5 Å². The molecule has 0 saturated carbocycles. The summed E-state index contributed by atoms with van der Waals surface area (Å²) in [5, 5.41) is 0. The van der Waals surface area contributed by atoms with Crippen LogP contribution in [-0.4, -0.2) is 14.2 Å². The Balaban J connectivity index is 2.13. The fraction of sp³-hybridized carbons (Fsp3) is 0.375. The van der Waals surface area contributed by atoms with Crippen molar-refractivity contribution < 1.29 is 4.74 Å². The SMILES string of the molecule is C[Si](C)(C)[C@@H]1c2ccccc2O[C@@H]2C=CC=C[C@H]12. The number of para-hydroxylation sites is 1. The number of ether oxygens (including phenoxy) is 1. The Morgan fingerprint density at radius 1 is 1.00 bits per heavy atom. The summed E-state index contributed by atoms with van der Waals surface area (Å²) in [7, 11) is -1.28. The fourth-order valence-electron chi connectivity index (χ4n) is 3.27. The van der Waals surface area contributed by atoms with Crippen LogP contribution in [0.4, 0.5) is 0 Å². The number of rotatable bonds is 1. The summed E-state index contributed by atoms with van der Waals surface area (Å²) in [5.41, 5.74) is 2.06. The van der Waals surface area contributed by atoms with Crippen molar-refractivity contribution in [1.29, 1.82) is 0 Å². The minimum atomic E-state index is -1.28. The van der Waals surface area contributed by atoms with Crippen molar-refractivity contribution in [3.05, 3.63) is 54.1 Å². The molecular weight excluding hydrogens is 236 g/mol. The van der Waals surface area contributed by atoms with Crippen molar-refractivity contribution in [2.75, 3.05) is 0 Å². The van der Waals surface area contributed by atoms with Gasteiger partial charge in [-0.15, -0.1) is 0 Å². The molecular formula is C16H20OSi. The van der Waals surface area contributed by atoms with Crippen molar-refractivity contribution in [3.63, 3.8) is 0 Å². The van der Waals surface area contributed by atoms with Crippen LogP contribution in [0.2, 0.25) is 19.6 Å². The van der Waals surface area contributed by atoms with Gasteiger partial charge in [0.15, 0.2) is 0 Å². The lowest BCUT2D eigenvalue weighted by atomic mass is 9.87. The first-order valence-electron chi connectivity index (χ1n) is 6.68. The van der Waals surface area contributed by atoms with E-state index >= 15 is 0 Å². The lowest BCUT2D eigenvalue weighted by molar-refractivity contribution is 0.172. The third-order valence-electron chi connectivity index (χ3n) is 3.96. The quantitative estimate of drug-likeness (QED) is 0.686. The first-order valence-corrected chi connectivity index (χ1v) is 10.3. The molecule has 1 aromatic rings. The molecule has 2 heteroatoms. The molecule has 0 bridgehead atoms. The van der Waals surface area contributed by atoms with Gasteiger partial charge in [0.25, 0.3) is 0 Å². The summed E-state index contributed by atoms with van der Waals surface area (Å²) in [4.78, 5) is 0. The molecule has 1 aliphatic heterocycles. The van der Waals surface area contributed by atoms with Crippen LogP contribution in [0.5, 0.6) is 5.75 Å². The van der Waals surface area contributed by atoms with Gasteiger partial charge < -0.3 is 4.74 Å². The maximum atomic E-state index is 6.15. The smallest absolute Gasteiger partial charge is 0.124 e. The number of hydrogen-bond acceptors (Lipinski definition) is 1. The van der Waals surface area contributed by atoms with E-state index in [2.05, 4.69) is 68.2 Å². The highest BCUT2D eigenvalue weighted by Crippen LogP contribution is 2.46. The molecule has 0 unspecified atom stereocenters. The molecule has 1 nitrogen and oxygen atoms in total. The molecule has 1 heterocycles. The zero-order valence-corrected chi connectivity index (χ0v) is 12.3. The molecule has 0 N–H and O–H groups in total. The molecule has 0 amide bonds. The third-order valence-corrected chi connectivity index (χ3v) is 6.52. The average Bonchev–Trinajstić information content (AvgIpc) is 2.34. The number of hydrogen-bond donors (Lipinski definition) is 0. The zero-order chi connectivity index (χ0) is 12.8. The normalized spacial score (nSPS) is 29.4. The standard InChI is InChI=1S/C16H20OSi/c1-18(2,3)16-12-8-4-6-10-14(12)17-15-11-7-5-9-13(15)16/h4-12,14,16H,1-3H3/t12-,14+,16-/m0/s1. The average molecular weight is 256 g/mol.